The van der Waals surface area contributed by atoms with Crippen molar-refractivity contribution in [2.75, 3.05) is 31.2 Å². The summed E-state index contributed by atoms with van der Waals surface area (Å²) in [7, 11) is 0. The molecule has 2 fully saturated rings. The molecule has 2 aliphatic heterocycles. The zero-order chi connectivity index (χ0) is 18.7. The standard InChI is InChI=1S/C20H27N5O2/c1-20(14-27-15-20)13-25-12-17(22-23-25)19(26)21-11-16-7-3-4-8-18(16)24-9-5-2-6-10-24/h3-4,7-8,12H,2,5-6,9-11,13-15H2,1H3,(H,21,26). The summed E-state index contributed by atoms with van der Waals surface area (Å²) in [5.41, 5.74) is 2.81. The van der Waals surface area contributed by atoms with Crippen LogP contribution in [0.15, 0.2) is 30.5 Å². The SMILES string of the molecule is CC1(Cn2cc(C(=O)NCc3ccccc3N3CCCCC3)nn2)COC1. The number of nitrogens with zero attached hydrogens (tertiary/aromatic N) is 4. The van der Waals surface area contributed by atoms with E-state index in [1.165, 1.54) is 24.9 Å². The van der Waals surface area contributed by atoms with Crippen LogP contribution in [0.1, 0.15) is 42.2 Å². The van der Waals surface area contributed by atoms with Gasteiger partial charge in [-0.15, -0.1) is 5.10 Å². The number of hydrogen-bond acceptors (Lipinski definition) is 5. The molecule has 1 N–H and O–H groups in total. The highest BCUT2D eigenvalue weighted by Gasteiger charge is 2.34. The van der Waals surface area contributed by atoms with E-state index in [9.17, 15) is 4.79 Å². The highest BCUT2D eigenvalue weighted by atomic mass is 16.5. The molecule has 7 nitrogen and oxygen atoms in total. The van der Waals surface area contributed by atoms with Crippen LogP contribution in [0.4, 0.5) is 5.69 Å². The number of carbonyl (C=O) groups excluding carboxylic acids is 1. The van der Waals surface area contributed by atoms with Crippen molar-refractivity contribution in [1.29, 1.82) is 0 Å². The Morgan fingerprint density at radius 2 is 2.00 bits per heavy atom. The van der Waals surface area contributed by atoms with Gasteiger partial charge >= 0.3 is 0 Å². The molecule has 0 radical (unpaired) electrons. The lowest BCUT2D eigenvalue weighted by atomic mass is 9.89. The van der Waals surface area contributed by atoms with Crippen LogP contribution in [0.3, 0.4) is 0 Å². The number of anilines is 1. The maximum atomic E-state index is 12.5. The predicted octanol–water partition coefficient (Wildman–Crippen LogP) is 2.23. The number of ether oxygens (including phenoxy) is 1. The van der Waals surface area contributed by atoms with Crippen LogP contribution in [-0.2, 0) is 17.8 Å². The van der Waals surface area contributed by atoms with Crippen molar-refractivity contribution in [2.24, 2.45) is 5.41 Å². The topological polar surface area (TPSA) is 72.3 Å². The molecule has 2 aromatic rings. The molecule has 3 heterocycles. The Hall–Kier alpha value is -2.41. The van der Waals surface area contributed by atoms with Gasteiger partial charge in [-0.3, -0.25) is 9.48 Å². The van der Waals surface area contributed by atoms with Crippen LogP contribution >= 0.6 is 0 Å². The molecule has 0 saturated carbocycles. The van der Waals surface area contributed by atoms with Crippen molar-refractivity contribution in [3.05, 3.63) is 41.7 Å². The van der Waals surface area contributed by atoms with Gasteiger partial charge in [0.1, 0.15) is 0 Å². The Kier molecular flexibility index (Phi) is 5.11. The average Bonchev–Trinajstić information content (AvgIpc) is 3.14. The third-order valence-corrected chi connectivity index (χ3v) is 5.34. The van der Waals surface area contributed by atoms with Crippen molar-refractivity contribution in [2.45, 2.75) is 39.3 Å². The predicted molar refractivity (Wildman–Crippen MR) is 103 cm³/mol. The second-order valence-corrected chi connectivity index (χ2v) is 7.96. The molecular weight excluding hydrogens is 342 g/mol. The minimum absolute atomic E-state index is 0.0921. The molecule has 0 bridgehead atoms. The summed E-state index contributed by atoms with van der Waals surface area (Å²) in [6.07, 6.45) is 5.48. The number of hydrogen-bond donors (Lipinski definition) is 1. The molecule has 2 aliphatic rings. The molecule has 2 saturated heterocycles. The van der Waals surface area contributed by atoms with Crippen molar-refractivity contribution < 1.29 is 9.53 Å². The summed E-state index contributed by atoms with van der Waals surface area (Å²) in [6, 6.07) is 8.31. The monoisotopic (exact) mass is 369 g/mol. The molecule has 144 valence electrons. The van der Waals surface area contributed by atoms with E-state index in [1.54, 1.807) is 10.9 Å². The molecule has 1 amide bonds. The lowest BCUT2D eigenvalue weighted by Crippen LogP contribution is -2.43. The van der Waals surface area contributed by atoms with Crippen molar-refractivity contribution in [3.63, 3.8) is 0 Å². The molecule has 27 heavy (non-hydrogen) atoms. The first-order valence-corrected chi connectivity index (χ1v) is 9.72. The highest BCUT2D eigenvalue weighted by Crippen LogP contribution is 2.28. The molecule has 0 aliphatic carbocycles. The van der Waals surface area contributed by atoms with Crippen molar-refractivity contribution in [1.82, 2.24) is 20.3 Å². The summed E-state index contributed by atoms with van der Waals surface area (Å²) < 4.78 is 7.00. The first-order valence-electron chi connectivity index (χ1n) is 9.72. The fourth-order valence-electron chi connectivity index (χ4n) is 3.78. The zero-order valence-electron chi connectivity index (χ0n) is 15.9. The van der Waals surface area contributed by atoms with Gasteiger partial charge in [-0.1, -0.05) is 30.3 Å². The molecular formula is C20H27N5O2. The van der Waals surface area contributed by atoms with Crippen LogP contribution in [0.2, 0.25) is 0 Å². The minimum atomic E-state index is -0.190. The van der Waals surface area contributed by atoms with Gasteiger partial charge < -0.3 is 15.0 Å². The van der Waals surface area contributed by atoms with Crippen molar-refractivity contribution >= 4 is 11.6 Å². The molecule has 1 aromatic carbocycles. The average molecular weight is 369 g/mol. The Morgan fingerprint density at radius 3 is 2.74 bits per heavy atom. The Bertz CT molecular complexity index is 793. The third-order valence-electron chi connectivity index (χ3n) is 5.34. The van der Waals surface area contributed by atoms with E-state index in [1.807, 2.05) is 6.07 Å². The van der Waals surface area contributed by atoms with E-state index in [0.29, 0.717) is 18.8 Å². The number of piperidine rings is 1. The highest BCUT2D eigenvalue weighted by molar-refractivity contribution is 5.91. The van der Waals surface area contributed by atoms with Gasteiger partial charge in [-0.05, 0) is 30.9 Å². The number of para-hydroxylation sites is 1. The quantitative estimate of drug-likeness (QED) is 0.845. The van der Waals surface area contributed by atoms with E-state index in [2.05, 4.69) is 45.7 Å². The number of rotatable bonds is 6. The summed E-state index contributed by atoms with van der Waals surface area (Å²) in [4.78, 5) is 14.9. The number of amides is 1. The first-order chi connectivity index (χ1) is 13.1. The molecule has 0 spiro atoms. The molecule has 1 aromatic heterocycles. The smallest absolute Gasteiger partial charge is 0.273 e. The number of aromatic nitrogens is 3. The van der Waals surface area contributed by atoms with Gasteiger partial charge in [0.25, 0.3) is 5.91 Å². The van der Waals surface area contributed by atoms with Gasteiger partial charge in [0.15, 0.2) is 5.69 Å². The minimum Gasteiger partial charge on any atom is -0.380 e. The maximum absolute atomic E-state index is 12.5. The van der Waals surface area contributed by atoms with Crippen molar-refractivity contribution in [3.8, 4) is 0 Å². The van der Waals surface area contributed by atoms with E-state index in [-0.39, 0.29) is 11.3 Å². The normalized spacial score (nSPS) is 18.8. The summed E-state index contributed by atoms with van der Waals surface area (Å²) in [5.74, 6) is -0.190. The van der Waals surface area contributed by atoms with Crippen LogP contribution in [0.5, 0.6) is 0 Å². The van der Waals surface area contributed by atoms with Gasteiger partial charge in [0.2, 0.25) is 0 Å². The number of benzene rings is 1. The Morgan fingerprint density at radius 1 is 1.22 bits per heavy atom. The maximum Gasteiger partial charge on any atom is 0.273 e. The molecule has 7 heteroatoms. The molecule has 0 unspecified atom stereocenters. The second kappa shape index (κ2) is 7.68. The van der Waals surface area contributed by atoms with E-state index in [4.69, 9.17) is 4.74 Å². The summed E-state index contributed by atoms with van der Waals surface area (Å²) in [6.45, 7) is 6.97. The number of carbonyl (C=O) groups is 1. The lowest BCUT2D eigenvalue weighted by molar-refractivity contribution is -0.111. The van der Waals surface area contributed by atoms with Crippen LogP contribution in [0, 0.1) is 5.41 Å². The van der Waals surface area contributed by atoms with Crippen LogP contribution < -0.4 is 10.2 Å². The Balaban J connectivity index is 1.37. The second-order valence-electron chi connectivity index (χ2n) is 7.96. The van der Waals surface area contributed by atoms with Gasteiger partial charge in [-0.2, -0.15) is 0 Å². The van der Waals surface area contributed by atoms with E-state index in [0.717, 1.165) is 31.9 Å². The Labute approximate surface area is 159 Å². The third kappa shape index (κ3) is 4.13. The fraction of sp³-hybridized carbons (Fsp3) is 0.550. The first kappa shape index (κ1) is 18.0. The number of nitrogens with one attached hydrogen (secondary N) is 1. The lowest BCUT2D eigenvalue weighted by Gasteiger charge is -2.37. The molecule has 4 rings (SSSR count). The van der Waals surface area contributed by atoms with Gasteiger partial charge in [0.05, 0.1) is 26.0 Å². The van der Waals surface area contributed by atoms with Crippen LogP contribution in [-0.4, -0.2) is 47.2 Å². The summed E-state index contributed by atoms with van der Waals surface area (Å²) >= 11 is 0. The fourth-order valence-corrected chi connectivity index (χ4v) is 3.78. The zero-order valence-corrected chi connectivity index (χ0v) is 15.9. The van der Waals surface area contributed by atoms with E-state index < -0.39 is 0 Å². The van der Waals surface area contributed by atoms with E-state index >= 15 is 0 Å². The van der Waals surface area contributed by atoms with Crippen LogP contribution in [0.25, 0.3) is 0 Å². The van der Waals surface area contributed by atoms with Gasteiger partial charge in [-0.25, -0.2) is 0 Å². The summed E-state index contributed by atoms with van der Waals surface area (Å²) in [5, 5.41) is 11.1. The largest absolute Gasteiger partial charge is 0.380 e. The van der Waals surface area contributed by atoms with Gasteiger partial charge in [0, 0.05) is 30.7 Å². The molecule has 0 atom stereocenters.